The molecule has 1 atom stereocenters. The summed E-state index contributed by atoms with van der Waals surface area (Å²) in [6, 6.07) is 1.72. The number of aromatic nitrogens is 1. The average Bonchev–Trinajstić information content (AvgIpc) is 2.72. The highest BCUT2D eigenvalue weighted by Gasteiger charge is 2.50. The molecule has 1 amide bonds. The van der Waals surface area contributed by atoms with Crippen molar-refractivity contribution in [2.75, 3.05) is 26.2 Å². The summed E-state index contributed by atoms with van der Waals surface area (Å²) < 4.78 is 40.4. The summed E-state index contributed by atoms with van der Waals surface area (Å²) in [6.45, 7) is -0.277. The number of amides is 1. The van der Waals surface area contributed by atoms with E-state index in [0.29, 0.717) is 0 Å². The van der Waals surface area contributed by atoms with E-state index in [1.807, 2.05) is 0 Å². The van der Waals surface area contributed by atoms with Gasteiger partial charge in [-0.3, -0.25) is 9.69 Å². The lowest BCUT2D eigenvalue weighted by atomic mass is 10.1. The fourth-order valence-electron chi connectivity index (χ4n) is 3.04. The fourth-order valence-corrected chi connectivity index (χ4v) is 3.04. The summed E-state index contributed by atoms with van der Waals surface area (Å²) in [5.41, 5.74) is -0.258. The van der Waals surface area contributed by atoms with E-state index in [4.69, 9.17) is 0 Å². The van der Waals surface area contributed by atoms with Crippen LogP contribution < -0.4 is 0 Å². The minimum atomic E-state index is -2.81. The molecule has 8 heteroatoms. The zero-order chi connectivity index (χ0) is 15.9. The highest BCUT2D eigenvalue weighted by atomic mass is 19.3. The van der Waals surface area contributed by atoms with Crippen LogP contribution in [-0.2, 0) is 0 Å². The van der Waals surface area contributed by atoms with Gasteiger partial charge < -0.3 is 10.0 Å². The predicted molar refractivity (Wildman–Crippen MR) is 71.0 cm³/mol. The summed E-state index contributed by atoms with van der Waals surface area (Å²) in [5.74, 6) is -4.05. The molecule has 3 rings (SSSR count). The second-order valence-electron chi connectivity index (χ2n) is 5.77. The van der Waals surface area contributed by atoms with Crippen LogP contribution in [0.25, 0.3) is 0 Å². The van der Waals surface area contributed by atoms with Crippen molar-refractivity contribution in [3.8, 4) is 0 Å². The smallest absolute Gasteiger partial charge is 0.275 e. The molecule has 22 heavy (non-hydrogen) atoms. The number of nitrogens with zero attached hydrogens (tertiary/aromatic N) is 3. The van der Waals surface area contributed by atoms with Crippen molar-refractivity contribution in [1.82, 2.24) is 14.8 Å². The van der Waals surface area contributed by atoms with Gasteiger partial charge in [-0.05, 0) is 12.1 Å². The van der Waals surface area contributed by atoms with Gasteiger partial charge in [-0.25, -0.2) is 18.2 Å². The molecule has 1 aromatic rings. The first-order valence-corrected chi connectivity index (χ1v) is 7.05. The van der Waals surface area contributed by atoms with Crippen LogP contribution in [0.2, 0.25) is 0 Å². The molecule has 0 unspecified atom stereocenters. The number of likely N-dealkylation sites (tertiary alicyclic amines) is 2. The third-order valence-electron chi connectivity index (χ3n) is 4.21. The Morgan fingerprint density at radius 3 is 2.82 bits per heavy atom. The van der Waals surface area contributed by atoms with Gasteiger partial charge in [-0.1, -0.05) is 0 Å². The van der Waals surface area contributed by atoms with Crippen LogP contribution in [0.5, 0.6) is 0 Å². The van der Waals surface area contributed by atoms with E-state index < -0.39 is 30.2 Å². The first kappa shape index (κ1) is 15.2. The molecule has 0 bridgehead atoms. The van der Waals surface area contributed by atoms with Gasteiger partial charge in [-0.2, -0.15) is 0 Å². The Kier molecular flexibility index (Phi) is 3.82. The average molecular weight is 315 g/mol. The first-order valence-electron chi connectivity index (χ1n) is 7.05. The molecule has 1 N–H and O–H groups in total. The second kappa shape index (κ2) is 5.51. The molecule has 5 nitrogen and oxygen atoms in total. The normalized spacial score (nSPS) is 25.3. The number of rotatable bonds is 3. The molecular weight excluding hydrogens is 299 g/mol. The van der Waals surface area contributed by atoms with Crippen LogP contribution in [0.4, 0.5) is 13.2 Å². The molecular formula is C14H16F3N3O2. The van der Waals surface area contributed by atoms with E-state index in [9.17, 15) is 23.1 Å². The zero-order valence-electron chi connectivity index (χ0n) is 11.8. The Morgan fingerprint density at radius 2 is 2.18 bits per heavy atom. The van der Waals surface area contributed by atoms with E-state index in [2.05, 4.69) is 4.98 Å². The number of pyridine rings is 1. The third kappa shape index (κ3) is 2.68. The van der Waals surface area contributed by atoms with E-state index >= 15 is 0 Å². The predicted octanol–water partition coefficient (Wildman–Crippen LogP) is 0.747. The van der Waals surface area contributed by atoms with Crippen LogP contribution in [0.1, 0.15) is 16.9 Å². The molecule has 1 aromatic heterocycles. The Bertz CT molecular complexity index is 578. The van der Waals surface area contributed by atoms with Crippen molar-refractivity contribution in [3.05, 3.63) is 29.8 Å². The van der Waals surface area contributed by atoms with Gasteiger partial charge >= 0.3 is 0 Å². The highest BCUT2D eigenvalue weighted by Crippen LogP contribution is 2.35. The van der Waals surface area contributed by atoms with Crippen molar-refractivity contribution in [2.45, 2.75) is 24.4 Å². The molecule has 2 aliphatic heterocycles. The van der Waals surface area contributed by atoms with E-state index in [1.165, 1.54) is 17.2 Å². The van der Waals surface area contributed by atoms with Gasteiger partial charge in [0.2, 0.25) is 0 Å². The Balaban J connectivity index is 1.62. The molecule has 0 saturated carbocycles. The molecule has 2 aliphatic rings. The van der Waals surface area contributed by atoms with E-state index in [-0.39, 0.29) is 37.9 Å². The minimum absolute atomic E-state index is 0.235. The maximum Gasteiger partial charge on any atom is 0.275 e. The van der Waals surface area contributed by atoms with Crippen molar-refractivity contribution in [1.29, 1.82) is 0 Å². The van der Waals surface area contributed by atoms with Crippen molar-refractivity contribution in [3.63, 3.8) is 0 Å². The summed E-state index contributed by atoms with van der Waals surface area (Å²) in [4.78, 5) is 18.7. The molecule has 0 spiro atoms. The first-order chi connectivity index (χ1) is 10.4. The van der Waals surface area contributed by atoms with E-state index in [0.717, 1.165) is 6.07 Å². The van der Waals surface area contributed by atoms with Gasteiger partial charge in [0.15, 0.2) is 11.5 Å². The molecule has 0 radical (unpaired) electrons. The zero-order valence-corrected chi connectivity index (χ0v) is 11.8. The number of aliphatic hydroxyl groups excluding tert-OH is 1. The number of hydrogen-bond donors (Lipinski definition) is 1. The topological polar surface area (TPSA) is 56.7 Å². The van der Waals surface area contributed by atoms with Crippen LogP contribution in [0.3, 0.4) is 0 Å². The van der Waals surface area contributed by atoms with Gasteiger partial charge in [0.1, 0.15) is 0 Å². The van der Waals surface area contributed by atoms with Gasteiger partial charge in [0.05, 0.1) is 13.2 Å². The van der Waals surface area contributed by atoms with E-state index in [1.54, 1.807) is 4.90 Å². The fraction of sp³-hybridized carbons (Fsp3) is 0.571. The lowest BCUT2D eigenvalue weighted by molar-refractivity contribution is -0.0127. The van der Waals surface area contributed by atoms with Crippen LogP contribution in [0.15, 0.2) is 18.3 Å². The van der Waals surface area contributed by atoms with Crippen LogP contribution in [0, 0.1) is 5.82 Å². The van der Waals surface area contributed by atoms with Crippen LogP contribution >= 0.6 is 0 Å². The summed E-state index contributed by atoms with van der Waals surface area (Å²) >= 11 is 0. The number of halogens is 3. The quantitative estimate of drug-likeness (QED) is 0.894. The monoisotopic (exact) mass is 315 g/mol. The molecule has 3 heterocycles. The maximum absolute atomic E-state index is 13.5. The second-order valence-corrected chi connectivity index (χ2v) is 5.77. The summed E-state index contributed by atoms with van der Waals surface area (Å²) in [7, 11) is 0. The molecule has 2 fully saturated rings. The number of carbonyl (C=O) groups excluding carboxylic acids is 1. The minimum Gasteiger partial charge on any atom is -0.395 e. The highest BCUT2D eigenvalue weighted by molar-refractivity contribution is 5.93. The number of hydrogen-bond acceptors (Lipinski definition) is 4. The standard InChI is InChI=1S/C14H16F3N3O2/c15-11-2-1-3-18-12(11)13(22)19-5-10(6-19)20-8-14(16,17)4-9(20)7-21/h1-3,9-10,21H,4-8H2/t9-/m0/s1. The Labute approximate surface area is 125 Å². The SMILES string of the molecule is O=C(c1ncccc1F)N1CC(N2CC(F)(F)C[C@H]2CO)C1. The summed E-state index contributed by atoms with van der Waals surface area (Å²) in [5, 5.41) is 9.21. The van der Waals surface area contributed by atoms with Gasteiger partial charge in [0.25, 0.3) is 11.8 Å². The van der Waals surface area contributed by atoms with Gasteiger partial charge in [-0.15, -0.1) is 0 Å². The lowest BCUT2D eigenvalue weighted by Crippen LogP contribution is -2.62. The van der Waals surface area contributed by atoms with Crippen molar-refractivity contribution >= 4 is 5.91 Å². The third-order valence-corrected chi connectivity index (χ3v) is 4.21. The van der Waals surface area contributed by atoms with Crippen LogP contribution in [-0.4, -0.2) is 70.0 Å². The number of aliphatic hydroxyl groups is 1. The number of alkyl halides is 2. The molecule has 2 saturated heterocycles. The van der Waals surface area contributed by atoms with Crippen molar-refractivity contribution < 1.29 is 23.1 Å². The Hall–Kier alpha value is -1.67. The number of carbonyl (C=O) groups is 1. The largest absolute Gasteiger partial charge is 0.395 e. The Morgan fingerprint density at radius 1 is 1.45 bits per heavy atom. The maximum atomic E-state index is 13.5. The molecule has 0 aliphatic carbocycles. The van der Waals surface area contributed by atoms with Crippen molar-refractivity contribution in [2.24, 2.45) is 0 Å². The summed E-state index contributed by atoms with van der Waals surface area (Å²) in [6.07, 6.45) is 0.958. The van der Waals surface area contributed by atoms with Gasteiger partial charge in [0, 0.05) is 37.8 Å². The molecule has 120 valence electrons. The lowest BCUT2D eigenvalue weighted by Gasteiger charge is -2.45. The molecule has 0 aromatic carbocycles.